The van der Waals surface area contributed by atoms with E-state index in [4.69, 9.17) is 13.6 Å². The fourth-order valence-corrected chi connectivity index (χ4v) is 3.94. The van der Waals surface area contributed by atoms with Crippen LogP contribution in [0.4, 0.5) is 0 Å². The summed E-state index contributed by atoms with van der Waals surface area (Å²) < 4.78 is 35.0. The summed E-state index contributed by atoms with van der Waals surface area (Å²) in [5, 5.41) is 10.0. The van der Waals surface area contributed by atoms with E-state index in [1.165, 1.54) is 4.90 Å². The predicted molar refractivity (Wildman–Crippen MR) is 87.1 cm³/mol. The maximum absolute atomic E-state index is 10.0. The largest absolute Gasteiger partial charge is 0.493 e. The summed E-state index contributed by atoms with van der Waals surface area (Å²) in [6, 6.07) is 3.77. The first-order chi connectivity index (χ1) is 11.3. The molecule has 2 heterocycles. The molecule has 4 nitrogen and oxygen atoms in total. The number of benzene rings is 1. The Morgan fingerprint density at radius 3 is 3.14 bits per heavy atom. The number of nitrogens with zero attached hydrogens (tertiary/aromatic N) is 1. The molecule has 120 valence electrons. The normalized spacial score (nSPS) is 34.9. The maximum atomic E-state index is 10.0. The van der Waals surface area contributed by atoms with Crippen molar-refractivity contribution in [2.24, 2.45) is 0 Å². The van der Waals surface area contributed by atoms with Crippen molar-refractivity contribution < 1.29 is 18.7 Å². The topological polar surface area (TPSA) is 41.9 Å². The Balaban J connectivity index is 0.00000182. The lowest BCUT2D eigenvalue weighted by molar-refractivity contribution is 0.0821. The molecule has 0 aromatic heterocycles. The van der Waals surface area contributed by atoms with Gasteiger partial charge in [-0.1, -0.05) is 18.2 Å². The van der Waals surface area contributed by atoms with E-state index in [0.717, 1.165) is 11.1 Å². The van der Waals surface area contributed by atoms with Gasteiger partial charge in [-0.05, 0) is 31.6 Å². The highest BCUT2D eigenvalue weighted by Crippen LogP contribution is 2.55. The summed E-state index contributed by atoms with van der Waals surface area (Å²) in [4.78, 5) is 1.54. The molecule has 0 fully saturated rings. The summed E-state index contributed by atoms with van der Waals surface area (Å²) in [5.74, 6) is 1.36. The number of hydrogen-bond acceptors (Lipinski definition) is 4. The van der Waals surface area contributed by atoms with Crippen LogP contribution in [0, 0.1) is 0 Å². The van der Waals surface area contributed by atoms with Crippen LogP contribution in [0.3, 0.4) is 0 Å². The highest BCUT2D eigenvalue weighted by molar-refractivity contribution is 5.85. The fourth-order valence-electron chi connectivity index (χ4n) is 3.94. The van der Waals surface area contributed by atoms with Crippen molar-refractivity contribution >= 4 is 12.4 Å². The fraction of sp³-hybridized carbons (Fsp3) is 0.529. The molecule has 0 bridgehead atoms. The molecule has 0 saturated carbocycles. The second-order valence-corrected chi connectivity index (χ2v) is 6.11. The predicted octanol–water partition coefficient (Wildman–Crippen LogP) is 2.27. The maximum Gasteiger partial charge on any atom is 0.166 e. The molecule has 1 spiro atoms. The van der Waals surface area contributed by atoms with E-state index in [-0.39, 0.29) is 18.5 Å². The zero-order valence-electron chi connectivity index (χ0n) is 15.4. The number of halogens is 1. The van der Waals surface area contributed by atoms with Crippen LogP contribution < -0.4 is 9.47 Å². The lowest BCUT2D eigenvalue weighted by Crippen LogP contribution is -2.42. The third kappa shape index (κ3) is 2.05. The van der Waals surface area contributed by atoms with Crippen molar-refractivity contribution in [3.05, 3.63) is 35.4 Å². The Morgan fingerprint density at radius 2 is 2.36 bits per heavy atom. The molecule has 1 aromatic carbocycles. The minimum Gasteiger partial charge on any atom is -0.493 e. The van der Waals surface area contributed by atoms with Crippen LogP contribution in [-0.2, 0) is 12.0 Å². The van der Waals surface area contributed by atoms with Crippen molar-refractivity contribution in [1.29, 1.82) is 0 Å². The Bertz CT molecular complexity index is 709. The van der Waals surface area contributed by atoms with Crippen LogP contribution in [0.1, 0.15) is 28.1 Å². The van der Waals surface area contributed by atoms with E-state index in [1.54, 1.807) is 7.11 Å². The molecule has 5 heteroatoms. The molecule has 0 amide bonds. The van der Waals surface area contributed by atoms with Gasteiger partial charge in [0.15, 0.2) is 11.5 Å². The summed E-state index contributed by atoms with van der Waals surface area (Å²) in [6.07, 6.45) is 4.24. The highest BCUT2D eigenvalue weighted by atomic mass is 35.5. The van der Waals surface area contributed by atoms with Crippen molar-refractivity contribution in [3.8, 4) is 11.5 Å². The molecule has 0 saturated heterocycles. The number of aliphatic hydroxyl groups excluding tert-OH is 1. The zero-order valence-corrected chi connectivity index (χ0v) is 13.2. The van der Waals surface area contributed by atoms with Gasteiger partial charge in [-0.25, -0.2) is 0 Å². The third-order valence-corrected chi connectivity index (χ3v) is 4.96. The monoisotopic (exact) mass is 327 g/mol. The first kappa shape index (κ1) is 12.2. The van der Waals surface area contributed by atoms with Crippen LogP contribution in [0.2, 0.25) is 0 Å². The SMILES string of the molecule is Cl.[2H][13C]([2H])([2H])N1CC[C@@]23C=C[C@H](O)C[C@@H]2Oc2c(OC)ccc(c23)C1. The standard InChI is InChI=1S/C17H21NO3.ClH/c1-18-8-7-17-6-5-12(19)9-14(17)21-16-13(20-2)4-3-11(10-18)15(16)17;/h3-6,12,14,19H,7-10H2,1-2H3;1H/t12-,14-,17-;/m0./s1/i1+1D3;. The molecule has 2 aliphatic heterocycles. The smallest absolute Gasteiger partial charge is 0.166 e. The number of methoxy groups -OCH3 is 1. The summed E-state index contributed by atoms with van der Waals surface area (Å²) >= 11 is 0. The first-order valence-corrected chi connectivity index (χ1v) is 7.34. The molecule has 22 heavy (non-hydrogen) atoms. The van der Waals surface area contributed by atoms with Crippen molar-refractivity contribution in [2.45, 2.75) is 37.0 Å². The van der Waals surface area contributed by atoms with Crippen LogP contribution >= 0.6 is 12.4 Å². The van der Waals surface area contributed by atoms with Gasteiger partial charge in [-0.15, -0.1) is 12.4 Å². The minimum atomic E-state index is -2.13. The van der Waals surface area contributed by atoms with E-state index in [0.29, 0.717) is 37.4 Å². The van der Waals surface area contributed by atoms with Gasteiger partial charge in [-0.3, -0.25) is 0 Å². The van der Waals surface area contributed by atoms with Gasteiger partial charge in [0.1, 0.15) is 6.10 Å². The molecule has 1 aliphatic carbocycles. The number of ether oxygens (including phenoxy) is 2. The Morgan fingerprint density at radius 1 is 1.50 bits per heavy atom. The molecule has 3 atom stereocenters. The van der Waals surface area contributed by atoms with Gasteiger partial charge >= 0.3 is 0 Å². The van der Waals surface area contributed by atoms with E-state index in [1.807, 2.05) is 24.3 Å². The lowest BCUT2D eigenvalue weighted by Gasteiger charge is -2.35. The van der Waals surface area contributed by atoms with Crippen LogP contribution in [0.5, 0.6) is 11.5 Å². The summed E-state index contributed by atoms with van der Waals surface area (Å²) in [7, 11) is 1.60. The van der Waals surface area contributed by atoms with Crippen LogP contribution in [0.25, 0.3) is 0 Å². The Kier molecular flexibility index (Phi) is 3.02. The van der Waals surface area contributed by atoms with Crippen molar-refractivity contribution in [1.82, 2.24) is 4.90 Å². The lowest BCUT2D eigenvalue weighted by atomic mass is 9.69. The average Bonchev–Trinajstić information content (AvgIpc) is 2.74. The Labute approximate surface area is 141 Å². The second kappa shape index (κ2) is 5.44. The molecule has 0 unspecified atom stereocenters. The van der Waals surface area contributed by atoms with Gasteiger partial charge < -0.3 is 19.5 Å². The van der Waals surface area contributed by atoms with E-state index >= 15 is 0 Å². The average molecular weight is 328 g/mol. The summed E-state index contributed by atoms with van der Waals surface area (Å²) in [6.45, 7) is -1.32. The van der Waals surface area contributed by atoms with Gasteiger partial charge in [0.05, 0.1) is 18.6 Å². The summed E-state index contributed by atoms with van der Waals surface area (Å²) in [5.41, 5.74) is 1.60. The third-order valence-electron chi connectivity index (χ3n) is 4.96. The van der Waals surface area contributed by atoms with Gasteiger partial charge in [0, 0.05) is 22.6 Å². The highest BCUT2D eigenvalue weighted by Gasteiger charge is 2.52. The minimum absolute atomic E-state index is 0. The molecule has 4 rings (SSSR count). The van der Waals surface area contributed by atoms with Gasteiger partial charge in [0.2, 0.25) is 0 Å². The van der Waals surface area contributed by atoms with Crippen molar-refractivity contribution in [3.63, 3.8) is 0 Å². The van der Waals surface area contributed by atoms with E-state index < -0.39 is 18.5 Å². The zero-order chi connectivity index (χ0) is 17.1. The molecule has 0 radical (unpaired) electrons. The molecule has 1 aromatic rings. The quantitative estimate of drug-likeness (QED) is 0.634. The second-order valence-electron chi connectivity index (χ2n) is 6.11. The van der Waals surface area contributed by atoms with Gasteiger partial charge in [0.25, 0.3) is 0 Å². The molecule has 3 aliphatic rings. The molecular formula is C17H22ClNO3. The van der Waals surface area contributed by atoms with Crippen LogP contribution in [-0.4, -0.2) is 42.8 Å². The first-order valence-electron chi connectivity index (χ1n) is 8.84. The molecule has 1 N–H and O–H groups in total. The van der Waals surface area contributed by atoms with Crippen LogP contribution in [0.15, 0.2) is 24.3 Å². The molecular weight excluding hydrogens is 303 g/mol. The van der Waals surface area contributed by atoms with E-state index in [9.17, 15) is 5.11 Å². The number of rotatable bonds is 1. The van der Waals surface area contributed by atoms with Crippen molar-refractivity contribution in [2.75, 3.05) is 20.6 Å². The van der Waals surface area contributed by atoms with Gasteiger partial charge in [-0.2, -0.15) is 0 Å². The number of aliphatic hydroxyl groups is 1. The Hall–Kier alpha value is -1.23. The van der Waals surface area contributed by atoms with E-state index in [2.05, 4.69) is 0 Å². The number of hydrogen-bond donors (Lipinski definition) is 1.